The van der Waals surface area contributed by atoms with E-state index in [-0.39, 0.29) is 38.8 Å². The molecule has 2 aliphatic rings. The first-order valence-corrected chi connectivity index (χ1v) is 34.9. The zero-order chi connectivity index (χ0) is 71.4. The Balaban J connectivity index is 0.000000441. The molecule has 6 aromatic rings. The summed E-state index contributed by atoms with van der Waals surface area (Å²) < 4.78 is 12.4. The van der Waals surface area contributed by atoms with Crippen molar-refractivity contribution in [3.8, 4) is 17.2 Å². The van der Waals surface area contributed by atoms with Crippen LogP contribution in [0.25, 0.3) is 0 Å². The number of carbonyl (C=O) groups is 3. The zero-order valence-electron chi connectivity index (χ0n) is 63.7. The molecule has 0 saturated carbocycles. The van der Waals surface area contributed by atoms with Crippen LogP contribution in [-0.4, -0.2) is 70.3 Å². The van der Waals surface area contributed by atoms with Crippen molar-refractivity contribution in [3.63, 3.8) is 0 Å². The van der Waals surface area contributed by atoms with E-state index >= 15 is 0 Å². The Labute approximate surface area is 574 Å². The van der Waals surface area contributed by atoms with Gasteiger partial charge in [-0.25, -0.2) is 0 Å². The summed E-state index contributed by atoms with van der Waals surface area (Å²) in [6, 6.07) is 55.4. The number of nitrogens with zero attached hydrogens (tertiary/aromatic N) is 1. The average molecular weight is 1290 g/mol. The third-order valence-corrected chi connectivity index (χ3v) is 17.7. The van der Waals surface area contributed by atoms with Crippen molar-refractivity contribution in [3.05, 3.63) is 197 Å². The number of para-hydroxylation sites is 3. The summed E-state index contributed by atoms with van der Waals surface area (Å²) in [6.07, 6.45) is 8.44. The van der Waals surface area contributed by atoms with Crippen LogP contribution in [0.4, 0.5) is 0 Å². The van der Waals surface area contributed by atoms with Gasteiger partial charge in [0, 0.05) is 34.7 Å². The summed E-state index contributed by atoms with van der Waals surface area (Å²) in [6.45, 7) is 55.8. The van der Waals surface area contributed by atoms with Gasteiger partial charge in [0.1, 0.15) is 40.0 Å². The van der Waals surface area contributed by atoms with E-state index in [1.807, 2.05) is 135 Å². The highest BCUT2D eigenvalue weighted by Gasteiger charge is 2.40. The number of piperidine rings is 2. The van der Waals surface area contributed by atoms with Gasteiger partial charge in [0.25, 0.3) is 0 Å². The van der Waals surface area contributed by atoms with Gasteiger partial charge >= 0.3 is 0 Å². The van der Waals surface area contributed by atoms with Gasteiger partial charge in [-0.2, -0.15) is 0 Å². The van der Waals surface area contributed by atoms with Crippen molar-refractivity contribution in [1.82, 2.24) is 10.2 Å². The van der Waals surface area contributed by atoms with E-state index in [0.29, 0.717) is 29.8 Å². The predicted molar refractivity (Wildman–Crippen MR) is 402 cm³/mol. The highest BCUT2D eigenvalue weighted by molar-refractivity contribution is 5.88. The highest BCUT2D eigenvalue weighted by Crippen LogP contribution is 2.40. The number of phenols is 1. The summed E-state index contributed by atoms with van der Waals surface area (Å²) in [7, 11) is 0. The van der Waals surface area contributed by atoms with Crippen LogP contribution in [0.1, 0.15) is 238 Å². The molecule has 0 amide bonds. The molecule has 520 valence electrons. The number of rotatable bonds is 13. The first kappa shape index (κ1) is 83.7. The molecule has 8 heteroatoms. The molecule has 0 aliphatic carbocycles. The molecule has 2 N–H and O–H groups in total. The van der Waals surface area contributed by atoms with E-state index < -0.39 is 11.1 Å². The molecule has 0 unspecified atom stereocenters. The van der Waals surface area contributed by atoms with Crippen LogP contribution in [0.3, 0.4) is 0 Å². The molecule has 0 radical (unpaired) electrons. The number of carbonyl (C=O) groups excluding carboxylic acids is 3. The Bertz CT molecular complexity index is 3090. The maximum absolute atomic E-state index is 13.7. The van der Waals surface area contributed by atoms with Crippen molar-refractivity contribution in [2.45, 2.75) is 252 Å². The number of benzene rings is 6. The Morgan fingerprint density at radius 3 is 1.36 bits per heavy atom. The smallest absolute Gasteiger partial charge is 0.156 e. The molecule has 2 aliphatic heterocycles. The predicted octanol–water partition coefficient (Wildman–Crippen LogP) is 21.8. The number of hydrogen-bond donors (Lipinski definition) is 2. The van der Waals surface area contributed by atoms with Gasteiger partial charge in [0.15, 0.2) is 5.78 Å². The van der Waals surface area contributed by atoms with E-state index in [9.17, 15) is 19.5 Å². The summed E-state index contributed by atoms with van der Waals surface area (Å²) in [5, 5.41) is 12.8. The fourth-order valence-electron chi connectivity index (χ4n) is 10.9. The lowest BCUT2D eigenvalue weighted by atomic mass is 9.76. The van der Waals surface area contributed by atoms with E-state index in [1.54, 1.807) is 13.0 Å². The molecule has 2 saturated heterocycles. The van der Waals surface area contributed by atoms with Crippen LogP contribution in [0.5, 0.6) is 17.2 Å². The molecule has 2 fully saturated rings. The average Bonchev–Trinajstić information content (AvgIpc) is 0.799. The number of hydrogen-bond acceptors (Lipinski definition) is 8. The SMILES string of the molecule is CC(=O)C(C)(C)C.CC(C)(C)C1CCNCC1.CC(C)(C)c1ccccc1O.CC(C)(CC(=O)C(C)(C)N1CCC(CCc2ccccc2)CC1)Oc1ccccc1C(C)(C)c1ccccc1.CCC(=O)C(C)(C)C.Cc1ccccc1.Cc1ccccc1OC(C)(C)C. The Morgan fingerprint density at radius 2 is 0.968 bits per heavy atom. The minimum atomic E-state index is -0.620. The van der Waals surface area contributed by atoms with Gasteiger partial charge in [0.2, 0.25) is 0 Å². The number of aryl methyl sites for hydroxylation is 3. The zero-order valence-corrected chi connectivity index (χ0v) is 63.7. The minimum Gasteiger partial charge on any atom is -0.508 e. The van der Waals surface area contributed by atoms with Crippen LogP contribution in [0.15, 0.2) is 164 Å². The molecule has 0 atom stereocenters. The van der Waals surface area contributed by atoms with Crippen LogP contribution in [0, 0.1) is 41.9 Å². The number of ketones is 3. The third-order valence-electron chi connectivity index (χ3n) is 17.7. The van der Waals surface area contributed by atoms with Crippen LogP contribution in [0.2, 0.25) is 0 Å². The van der Waals surface area contributed by atoms with Crippen molar-refractivity contribution in [1.29, 1.82) is 0 Å². The van der Waals surface area contributed by atoms with Crippen LogP contribution >= 0.6 is 0 Å². The van der Waals surface area contributed by atoms with E-state index in [2.05, 4.69) is 199 Å². The van der Waals surface area contributed by atoms with Gasteiger partial charge in [0.05, 0.1) is 5.54 Å². The quantitative estimate of drug-likeness (QED) is 0.118. The van der Waals surface area contributed by atoms with Gasteiger partial charge in [-0.05, 0) is 197 Å². The second-order valence-corrected chi connectivity index (χ2v) is 32.6. The second-order valence-electron chi connectivity index (χ2n) is 32.6. The first-order valence-electron chi connectivity index (χ1n) is 34.9. The molecule has 8 rings (SSSR count). The lowest BCUT2D eigenvalue weighted by Gasteiger charge is -2.43. The second kappa shape index (κ2) is 38.4. The molecule has 6 aromatic carbocycles. The van der Waals surface area contributed by atoms with Gasteiger partial charge in [-0.15, -0.1) is 0 Å². The minimum absolute atomic E-state index is 0.0331. The number of likely N-dealkylation sites (tertiary alicyclic amines) is 1. The first-order chi connectivity index (χ1) is 43.4. The Kier molecular flexibility index (Phi) is 34.2. The van der Waals surface area contributed by atoms with Crippen molar-refractivity contribution >= 4 is 17.3 Å². The molecule has 94 heavy (non-hydrogen) atoms. The monoisotopic (exact) mass is 1290 g/mol. The normalized spacial score (nSPS) is 14.3. The molecule has 0 aromatic heterocycles. The lowest BCUT2D eigenvalue weighted by molar-refractivity contribution is -0.134. The summed E-state index contributed by atoms with van der Waals surface area (Å²) in [4.78, 5) is 37.4. The van der Waals surface area contributed by atoms with Crippen LogP contribution < -0.4 is 14.8 Å². The molecule has 2 heterocycles. The number of Topliss-reactive ketones (excluding diaryl/α,β-unsaturated/α-hetero) is 3. The molecule has 0 spiro atoms. The number of aromatic hydroxyl groups is 1. The summed E-state index contributed by atoms with van der Waals surface area (Å²) in [5.74, 6) is 4.71. The molecular weight excluding hydrogens is 1160 g/mol. The van der Waals surface area contributed by atoms with Crippen molar-refractivity contribution in [2.75, 3.05) is 26.2 Å². The fourth-order valence-corrected chi connectivity index (χ4v) is 10.9. The number of nitrogens with one attached hydrogen (secondary N) is 1. The highest BCUT2D eigenvalue weighted by atomic mass is 16.5. The molecule has 8 nitrogen and oxygen atoms in total. The van der Waals surface area contributed by atoms with E-state index in [4.69, 9.17) is 9.47 Å². The Hall–Kier alpha value is -6.35. The number of phenolic OH excluding ortho intramolecular Hbond substituents is 1. The van der Waals surface area contributed by atoms with Crippen LogP contribution in [-0.2, 0) is 31.6 Å². The van der Waals surface area contributed by atoms with Gasteiger partial charge < -0.3 is 19.9 Å². The standard InChI is InChI=1S/C36H47NO2.C11H16O.C10H14O.C9H19N.C7H14O.C7H8.C6H12O/c1-34(2,39-32-20-14-13-19-31(32)35(3,4)30-17-11-8-12-18-30)27-33(38)36(5,6)37-25-23-29(24-26-37)22-21-28-15-9-7-10-16-28;1-9-7-5-6-8-10(9)12-11(2,3)4;1-10(2,3)8-6-4-5-7-9(8)11;1-9(2,3)8-4-6-10-7-5-8;1-5-6(8)7(2,3)4;1-7-5-3-2-4-6-7;1-5(7)6(2,3)4/h7-20,29H,21-27H2,1-6H3;5-8H,1-4H3;4-7,11H,1-3H3;8,10H,4-7H2,1-3H3;5H2,1-4H3;2-6H,1H3;1-4H3. The third kappa shape index (κ3) is 31.9. The van der Waals surface area contributed by atoms with Gasteiger partial charge in [-0.3, -0.25) is 19.3 Å². The lowest BCUT2D eigenvalue weighted by Crippen LogP contribution is -2.54. The summed E-state index contributed by atoms with van der Waals surface area (Å²) >= 11 is 0. The van der Waals surface area contributed by atoms with Crippen molar-refractivity contribution < 1.29 is 29.0 Å². The van der Waals surface area contributed by atoms with Gasteiger partial charge in [-0.1, -0.05) is 255 Å². The largest absolute Gasteiger partial charge is 0.508 e. The maximum atomic E-state index is 13.7. The summed E-state index contributed by atoms with van der Waals surface area (Å²) in [5.41, 5.74) is 6.15. The number of ether oxygens (including phenoxy) is 2. The Morgan fingerprint density at radius 1 is 0.521 bits per heavy atom. The molecule has 0 bridgehead atoms. The molecular formula is C86H130N2O6. The fraction of sp³-hybridized carbons (Fsp3) is 0.547. The van der Waals surface area contributed by atoms with E-state index in [0.717, 1.165) is 66.8 Å². The maximum Gasteiger partial charge on any atom is 0.156 e. The van der Waals surface area contributed by atoms with Crippen molar-refractivity contribution in [2.24, 2.45) is 28.1 Å². The van der Waals surface area contributed by atoms with E-state index in [1.165, 1.54) is 54.6 Å². The topological polar surface area (TPSA) is 105 Å².